The third kappa shape index (κ3) is 5.03. The first-order chi connectivity index (χ1) is 14.2. The van der Waals surface area contributed by atoms with Gasteiger partial charge < -0.3 is 9.80 Å². The van der Waals surface area contributed by atoms with Crippen LogP contribution in [0.25, 0.3) is 0 Å². The van der Waals surface area contributed by atoms with Crippen LogP contribution < -0.4 is 14.7 Å². The SMILES string of the molecule is C[C@H](C[NH+]1CC[NH+](Cc2ccccc2)CC1)N(C(=O)C1CCC1)c1ccccn1. The summed E-state index contributed by atoms with van der Waals surface area (Å²) in [5.74, 6) is 1.28. The van der Waals surface area contributed by atoms with Crippen LogP contribution >= 0.6 is 0 Å². The predicted molar refractivity (Wildman–Crippen MR) is 115 cm³/mol. The minimum absolute atomic E-state index is 0.170. The summed E-state index contributed by atoms with van der Waals surface area (Å²) in [5, 5.41) is 0. The monoisotopic (exact) mass is 394 g/mol. The maximum atomic E-state index is 13.1. The molecule has 1 aliphatic carbocycles. The Labute approximate surface area is 174 Å². The largest absolute Gasteiger partial charge is 0.324 e. The molecule has 2 aromatic rings. The Morgan fingerprint density at radius 3 is 2.34 bits per heavy atom. The summed E-state index contributed by atoms with van der Waals surface area (Å²) >= 11 is 0. The number of benzene rings is 1. The molecular formula is C24H34N4O+2. The first-order valence-corrected chi connectivity index (χ1v) is 11.2. The van der Waals surface area contributed by atoms with Gasteiger partial charge in [-0.25, -0.2) is 4.98 Å². The fourth-order valence-electron chi connectivity index (χ4n) is 4.64. The van der Waals surface area contributed by atoms with Crippen LogP contribution in [-0.2, 0) is 11.3 Å². The van der Waals surface area contributed by atoms with E-state index in [2.05, 4.69) is 42.2 Å². The number of carbonyl (C=O) groups is 1. The number of pyridine rings is 1. The van der Waals surface area contributed by atoms with Crippen molar-refractivity contribution < 1.29 is 14.6 Å². The standard InChI is InChI=1S/C24H32N4O/c1-20(28(23-12-5-6-13-25-23)24(29)22-10-7-11-22)18-26-14-16-27(17-15-26)19-21-8-3-2-4-9-21/h2-6,8-9,12-13,20,22H,7,10-11,14-19H2,1H3/p+2/t20-/m1/s1. The highest BCUT2D eigenvalue weighted by Gasteiger charge is 2.35. The smallest absolute Gasteiger partial charge is 0.231 e. The summed E-state index contributed by atoms with van der Waals surface area (Å²) in [5.41, 5.74) is 1.42. The Morgan fingerprint density at radius 1 is 1.03 bits per heavy atom. The lowest BCUT2D eigenvalue weighted by Crippen LogP contribution is -3.28. The average Bonchev–Trinajstić information content (AvgIpc) is 2.70. The van der Waals surface area contributed by atoms with Crippen LogP contribution in [0.15, 0.2) is 54.7 Å². The molecule has 2 aliphatic rings. The number of piperazine rings is 1. The van der Waals surface area contributed by atoms with E-state index in [1.54, 1.807) is 16.0 Å². The van der Waals surface area contributed by atoms with Crippen molar-refractivity contribution in [2.75, 3.05) is 37.6 Å². The molecule has 1 atom stereocenters. The normalized spacial score (nSPS) is 23.2. The molecule has 2 heterocycles. The lowest BCUT2D eigenvalue weighted by molar-refractivity contribution is -1.02. The zero-order valence-electron chi connectivity index (χ0n) is 17.5. The van der Waals surface area contributed by atoms with Gasteiger partial charge in [-0.05, 0) is 31.9 Å². The van der Waals surface area contributed by atoms with Gasteiger partial charge in [0.05, 0.1) is 12.6 Å². The molecule has 1 saturated carbocycles. The van der Waals surface area contributed by atoms with Crippen molar-refractivity contribution in [3.8, 4) is 0 Å². The minimum Gasteiger partial charge on any atom is -0.324 e. The lowest BCUT2D eigenvalue weighted by Gasteiger charge is -2.37. The number of rotatable bonds is 7. The Kier molecular flexibility index (Phi) is 6.57. The molecular weight excluding hydrogens is 360 g/mol. The number of nitrogens with one attached hydrogen (secondary N) is 2. The summed E-state index contributed by atoms with van der Waals surface area (Å²) in [4.78, 5) is 22.9. The van der Waals surface area contributed by atoms with Crippen LogP contribution in [0.3, 0.4) is 0 Å². The second-order valence-electron chi connectivity index (χ2n) is 8.74. The topological polar surface area (TPSA) is 42.1 Å². The van der Waals surface area contributed by atoms with Crippen molar-refractivity contribution in [3.05, 3.63) is 60.3 Å². The number of amides is 1. The highest BCUT2D eigenvalue weighted by atomic mass is 16.2. The summed E-state index contributed by atoms with van der Waals surface area (Å²) in [7, 11) is 0. The lowest BCUT2D eigenvalue weighted by atomic mass is 9.84. The van der Waals surface area contributed by atoms with Crippen molar-refractivity contribution in [1.82, 2.24) is 4.98 Å². The third-order valence-electron chi connectivity index (χ3n) is 6.57. The Hall–Kier alpha value is -2.24. The molecule has 154 valence electrons. The zero-order chi connectivity index (χ0) is 20.1. The zero-order valence-corrected chi connectivity index (χ0v) is 17.5. The van der Waals surface area contributed by atoms with E-state index in [1.807, 2.05) is 23.1 Å². The van der Waals surface area contributed by atoms with Gasteiger partial charge >= 0.3 is 0 Å². The quantitative estimate of drug-likeness (QED) is 0.722. The summed E-state index contributed by atoms with van der Waals surface area (Å²) in [6, 6.07) is 16.8. The van der Waals surface area contributed by atoms with Gasteiger partial charge in [-0.1, -0.05) is 42.8 Å². The molecule has 0 spiro atoms. The van der Waals surface area contributed by atoms with Gasteiger partial charge in [-0.15, -0.1) is 0 Å². The van der Waals surface area contributed by atoms with Crippen LogP contribution in [0, 0.1) is 5.92 Å². The van der Waals surface area contributed by atoms with Gasteiger partial charge in [-0.2, -0.15) is 0 Å². The molecule has 0 radical (unpaired) electrons. The molecule has 1 aromatic heterocycles. The fourth-order valence-corrected chi connectivity index (χ4v) is 4.64. The molecule has 1 saturated heterocycles. The number of carbonyl (C=O) groups excluding carboxylic acids is 1. The molecule has 1 aliphatic heterocycles. The van der Waals surface area contributed by atoms with Crippen LogP contribution in [-0.4, -0.2) is 49.7 Å². The molecule has 0 bridgehead atoms. The highest BCUT2D eigenvalue weighted by molar-refractivity contribution is 5.95. The molecule has 5 heteroatoms. The Morgan fingerprint density at radius 2 is 1.72 bits per heavy atom. The number of hydrogen-bond acceptors (Lipinski definition) is 2. The van der Waals surface area contributed by atoms with E-state index >= 15 is 0 Å². The van der Waals surface area contributed by atoms with E-state index in [0.717, 1.165) is 31.7 Å². The number of aromatic nitrogens is 1. The summed E-state index contributed by atoms with van der Waals surface area (Å²) in [6.45, 7) is 9.02. The van der Waals surface area contributed by atoms with Crippen LogP contribution in [0.5, 0.6) is 0 Å². The molecule has 1 aromatic carbocycles. The van der Waals surface area contributed by atoms with Gasteiger partial charge in [0.25, 0.3) is 0 Å². The van der Waals surface area contributed by atoms with E-state index < -0.39 is 0 Å². The van der Waals surface area contributed by atoms with E-state index in [9.17, 15) is 4.79 Å². The van der Waals surface area contributed by atoms with E-state index in [1.165, 1.54) is 38.2 Å². The third-order valence-corrected chi connectivity index (χ3v) is 6.57. The van der Waals surface area contributed by atoms with Crippen LogP contribution in [0.1, 0.15) is 31.7 Å². The van der Waals surface area contributed by atoms with Crippen molar-refractivity contribution in [3.63, 3.8) is 0 Å². The number of nitrogens with zero attached hydrogens (tertiary/aromatic N) is 2. The molecule has 5 nitrogen and oxygen atoms in total. The van der Waals surface area contributed by atoms with Gasteiger partial charge in [0.2, 0.25) is 5.91 Å². The number of quaternary nitrogens is 2. The second-order valence-corrected chi connectivity index (χ2v) is 8.74. The molecule has 2 fully saturated rings. The van der Waals surface area contributed by atoms with Gasteiger partial charge in [0.1, 0.15) is 38.5 Å². The van der Waals surface area contributed by atoms with Crippen molar-refractivity contribution in [1.29, 1.82) is 0 Å². The maximum absolute atomic E-state index is 13.1. The van der Waals surface area contributed by atoms with E-state index in [-0.39, 0.29) is 17.9 Å². The number of anilines is 1. The Balaban J connectivity index is 1.34. The average molecular weight is 395 g/mol. The Bertz CT molecular complexity index is 770. The molecule has 29 heavy (non-hydrogen) atoms. The van der Waals surface area contributed by atoms with Crippen molar-refractivity contribution >= 4 is 11.7 Å². The molecule has 0 unspecified atom stereocenters. The molecule has 4 rings (SSSR count). The highest BCUT2D eigenvalue weighted by Crippen LogP contribution is 2.30. The first-order valence-electron chi connectivity index (χ1n) is 11.2. The van der Waals surface area contributed by atoms with E-state index in [0.29, 0.717) is 0 Å². The van der Waals surface area contributed by atoms with Gasteiger partial charge in [-0.3, -0.25) is 9.69 Å². The number of hydrogen-bond donors (Lipinski definition) is 2. The van der Waals surface area contributed by atoms with E-state index in [4.69, 9.17) is 0 Å². The fraction of sp³-hybridized carbons (Fsp3) is 0.500. The van der Waals surface area contributed by atoms with Crippen molar-refractivity contribution in [2.24, 2.45) is 5.92 Å². The molecule has 1 amide bonds. The van der Waals surface area contributed by atoms with Crippen LogP contribution in [0.4, 0.5) is 5.82 Å². The predicted octanol–water partition coefficient (Wildman–Crippen LogP) is 0.587. The summed E-state index contributed by atoms with van der Waals surface area (Å²) < 4.78 is 0. The summed E-state index contributed by atoms with van der Waals surface area (Å²) in [6.07, 6.45) is 5.03. The minimum atomic E-state index is 0.170. The van der Waals surface area contributed by atoms with Gasteiger partial charge in [0.15, 0.2) is 0 Å². The van der Waals surface area contributed by atoms with Crippen LogP contribution in [0.2, 0.25) is 0 Å². The molecule has 2 N–H and O–H groups in total. The van der Waals surface area contributed by atoms with Gasteiger partial charge in [0, 0.05) is 17.7 Å². The van der Waals surface area contributed by atoms with Crippen molar-refractivity contribution in [2.45, 2.75) is 38.8 Å². The second kappa shape index (κ2) is 9.51. The maximum Gasteiger partial charge on any atom is 0.231 e. The first kappa shape index (κ1) is 20.0.